The fourth-order valence-corrected chi connectivity index (χ4v) is 1.92. The van der Waals surface area contributed by atoms with E-state index in [2.05, 4.69) is 4.98 Å². The summed E-state index contributed by atoms with van der Waals surface area (Å²) in [5, 5.41) is 18.8. The van der Waals surface area contributed by atoms with Gasteiger partial charge in [-0.1, -0.05) is 6.07 Å². The number of halogens is 1. The molecule has 0 aliphatic rings. The van der Waals surface area contributed by atoms with Crippen molar-refractivity contribution in [2.45, 2.75) is 6.92 Å². The van der Waals surface area contributed by atoms with Crippen molar-refractivity contribution in [3.8, 4) is 22.8 Å². The van der Waals surface area contributed by atoms with Gasteiger partial charge < -0.3 is 14.6 Å². The van der Waals surface area contributed by atoms with Crippen molar-refractivity contribution >= 4 is 18.1 Å². The van der Waals surface area contributed by atoms with E-state index < -0.39 is 0 Å². The van der Waals surface area contributed by atoms with Gasteiger partial charge in [0.25, 0.3) is 0 Å². The second kappa shape index (κ2) is 4.82. The zero-order valence-electron chi connectivity index (χ0n) is 10.2. The molecule has 5 heteroatoms. The van der Waals surface area contributed by atoms with E-state index in [0.717, 1.165) is 22.5 Å². The number of aryl methyl sites for hydroxylation is 1. The van der Waals surface area contributed by atoms with Gasteiger partial charge in [0.15, 0.2) is 11.5 Å². The van der Waals surface area contributed by atoms with Gasteiger partial charge >= 0.3 is 0 Å². The number of phenols is 2. The molecule has 2 N–H and O–H groups in total. The van der Waals surface area contributed by atoms with E-state index in [9.17, 15) is 10.2 Å². The van der Waals surface area contributed by atoms with E-state index >= 15 is 0 Å². The van der Waals surface area contributed by atoms with Crippen molar-refractivity contribution in [2.24, 2.45) is 0 Å². The van der Waals surface area contributed by atoms with Crippen LogP contribution in [0.4, 0.5) is 0 Å². The lowest BCUT2D eigenvalue weighted by atomic mass is 10.1. The third-order valence-electron chi connectivity index (χ3n) is 2.87. The molecule has 2 aromatic heterocycles. The van der Waals surface area contributed by atoms with Crippen LogP contribution in [0.3, 0.4) is 0 Å². The average molecular weight is 277 g/mol. The van der Waals surface area contributed by atoms with Crippen molar-refractivity contribution in [3.63, 3.8) is 0 Å². The molecule has 3 rings (SSSR count). The molecule has 0 aliphatic carbocycles. The highest BCUT2D eigenvalue weighted by Gasteiger charge is 2.07. The van der Waals surface area contributed by atoms with Crippen LogP contribution in [0.2, 0.25) is 0 Å². The Hall–Kier alpha value is -2.20. The molecular weight excluding hydrogens is 264 g/mol. The van der Waals surface area contributed by atoms with Gasteiger partial charge in [-0.05, 0) is 36.8 Å². The standard InChI is InChI=1S/C14H12N2O2.ClH/c1-9-2-5-14-15-11(8-16(14)7-9)10-3-4-12(17)13(18)6-10;/h2-8,17-18H,1H3;1H. The minimum Gasteiger partial charge on any atom is -0.504 e. The summed E-state index contributed by atoms with van der Waals surface area (Å²) in [6, 6.07) is 8.63. The maximum absolute atomic E-state index is 9.50. The molecule has 1 aromatic carbocycles. The van der Waals surface area contributed by atoms with Crippen LogP contribution in [-0.2, 0) is 0 Å². The molecule has 0 spiro atoms. The van der Waals surface area contributed by atoms with Gasteiger partial charge in [-0.3, -0.25) is 0 Å². The number of aromatic nitrogens is 2. The summed E-state index contributed by atoms with van der Waals surface area (Å²) >= 11 is 0. The van der Waals surface area contributed by atoms with E-state index in [1.54, 1.807) is 6.07 Å². The number of fused-ring (bicyclic) bond motifs is 1. The Kier molecular flexibility index (Phi) is 3.36. The van der Waals surface area contributed by atoms with Gasteiger partial charge in [0.05, 0.1) is 5.69 Å². The van der Waals surface area contributed by atoms with E-state index in [-0.39, 0.29) is 23.9 Å². The average Bonchev–Trinajstić information content (AvgIpc) is 2.75. The first kappa shape index (κ1) is 13.2. The van der Waals surface area contributed by atoms with Crippen molar-refractivity contribution in [3.05, 3.63) is 48.3 Å². The first-order valence-corrected chi connectivity index (χ1v) is 5.61. The Balaban J connectivity index is 0.00000133. The van der Waals surface area contributed by atoms with Gasteiger partial charge in [-0.15, -0.1) is 12.4 Å². The van der Waals surface area contributed by atoms with Crippen LogP contribution >= 0.6 is 12.4 Å². The first-order chi connectivity index (χ1) is 8.63. The van der Waals surface area contributed by atoms with E-state index in [1.165, 1.54) is 12.1 Å². The number of imidazole rings is 1. The Morgan fingerprint density at radius 2 is 1.79 bits per heavy atom. The summed E-state index contributed by atoms with van der Waals surface area (Å²) < 4.78 is 1.94. The second-order valence-electron chi connectivity index (χ2n) is 4.30. The Morgan fingerprint density at radius 1 is 1.00 bits per heavy atom. The van der Waals surface area contributed by atoms with Crippen molar-refractivity contribution in [2.75, 3.05) is 0 Å². The molecule has 0 radical (unpaired) electrons. The van der Waals surface area contributed by atoms with Gasteiger partial charge in [0.2, 0.25) is 0 Å². The number of phenolic OH excluding ortho intramolecular Hbond substituents is 2. The SMILES string of the molecule is Cc1ccc2nc(-c3ccc(O)c(O)c3)cn2c1.Cl. The van der Waals surface area contributed by atoms with Gasteiger partial charge in [0, 0.05) is 18.0 Å². The van der Waals surface area contributed by atoms with Crippen LogP contribution in [0.15, 0.2) is 42.7 Å². The lowest BCUT2D eigenvalue weighted by Gasteiger charge is -1.99. The highest BCUT2D eigenvalue weighted by Crippen LogP contribution is 2.30. The molecule has 0 aliphatic heterocycles. The van der Waals surface area contributed by atoms with Crippen LogP contribution in [0, 0.1) is 6.92 Å². The zero-order chi connectivity index (χ0) is 12.7. The van der Waals surface area contributed by atoms with Crippen LogP contribution in [-0.4, -0.2) is 19.6 Å². The largest absolute Gasteiger partial charge is 0.504 e. The lowest BCUT2D eigenvalue weighted by molar-refractivity contribution is 0.404. The smallest absolute Gasteiger partial charge is 0.158 e. The van der Waals surface area contributed by atoms with Gasteiger partial charge in [-0.25, -0.2) is 4.98 Å². The molecule has 0 unspecified atom stereocenters. The molecule has 3 aromatic rings. The van der Waals surface area contributed by atoms with E-state index in [0.29, 0.717) is 0 Å². The summed E-state index contributed by atoms with van der Waals surface area (Å²) in [6.07, 6.45) is 3.89. The lowest BCUT2D eigenvalue weighted by Crippen LogP contribution is -1.82. The molecule has 0 bridgehead atoms. The maximum Gasteiger partial charge on any atom is 0.158 e. The highest BCUT2D eigenvalue weighted by molar-refractivity contribution is 5.85. The quantitative estimate of drug-likeness (QED) is 0.671. The predicted molar refractivity (Wildman–Crippen MR) is 75.9 cm³/mol. The minimum absolute atomic E-state index is 0. The number of aromatic hydroxyl groups is 2. The van der Waals surface area contributed by atoms with Gasteiger partial charge in [0.1, 0.15) is 5.65 Å². The molecule has 4 nitrogen and oxygen atoms in total. The maximum atomic E-state index is 9.50. The molecular formula is C14H13ClN2O2. The number of nitrogens with zero attached hydrogens (tertiary/aromatic N) is 2. The van der Waals surface area contributed by atoms with Crippen LogP contribution in [0.5, 0.6) is 11.5 Å². The highest BCUT2D eigenvalue weighted by atomic mass is 35.5. The molecule has 19 heavy (non-hydrogen) atoms. The summed E-state index contributed by atoms with van der Waals surface area (Å²) in [5.41, 5.74) is 3.53. The van der Waals surface area contributed by atoms with Crippen LogP contribution in [0.25, 0.3) is 16.9 Å². The van der Waals surface area contributed by atoms with Crippen molar-refractivity contribution < 1.29 is 10.2 Å². The molecule has 0 amide bonds. The number of rotatable bonds is 1. The fourth-order valence-electron chi connectivity index (χ4n) is 1.92. The normalized spacial score (nSPS) is 10.4. The number of pyridine rings is 1. The Morgan fingerprint density at radius 3 is 2.53 bits per heavy atom. The third-order valence-corrected chi connectivity index (χ3v) is 2.87. The minimum atomic E-state index is -0.138. The van der Waals surface area contributed by atoms with Crippen LogP contribution in [0.1, 0.15) is 5.56 Å². The molecule has 0 fully saturated rings. The molecule has 2 heterocycles. The number of hydrogen-bond acceptors (Lipinski definition) is 3. The van der Waals surface area contributed by atoms with Gasteiger partial charge in [-0.2, -0.15) is 0 Å². The zero-order valence-corrected chi connectivity index (χ0v) is 11.1. The molecule has 98 valence electrons. The monoisotopic (exact) mass is 276 g/mol. The predicted octanol–water partition coefficient (Wildman–Crippen LogP) is 3.14. The van der Waals surface area contributed by atoms with E-state index in [1.807, 2.05) is 35.9 Å². The molecule has 0 saturated heterocycles. The molecule has 0 saturated carbocycles. The van der Waals surface area contributed by atoms with Crippen molar-refractivity contribution in [1.29, 1.82) is 0 Å². The molecule has 0 atom stereocenters. The Bertz CT molecular complexity index is 737. The summed E-state index contributed by atoms with van der Waals surface area (Å²) in [4.78, 5) is 4.47. The number of hydrogen-bond donors (Lipinski definition) is 2. The van der Waals surface area contributed by atoms with Crippen molar-refractivity contribution in [1.82, 2.24) is 9.38 Å². The summed E-state index contributed by atoms with van der Waals surface area (Å²) in [7, 11) is 0. The van der Waals surface area contributed by atoms with E-state index in [4.69, 9.17) is 0 Å². The number of benzene rings is 1. The first-order valence-electron chi connectivity index (χ1n) is 5.61. The summed E-state index contributed by atoms with van der Waals surface area (Å²) in [6.45, 7) is 2.02. The summed E-state index contributed by atoms with van der Waals surface area (Å²) in [5.74, 6) is -0.265. The third kappa shape index (κ3) is 2.35. The van der Waals surface area contributed by atoms with Crippen LogP contribution < -0.4 is 0 Å². The Labute approximate surface area is 116 Å². The second-order valence-corrected chi connectivity index (χ2v) is 4.30. The topological polar surface area (TPSA) is 57.8 Å². The fraction of sp³-hybridized carbons (Fsp3) is 0.0714.